The zero-order chi connectivity index (χ0) is 19.2. The van der Waals surface area contributed by atoms with Gasteiger partial charge in [0.25, 0.3) is 10.2 Å². The molecule has 1 unspecified atom stereocenters. The third-order valence-electron chi connectivity index (χ3n) is 6.63. The molecule has 7 nitrogen and oxygen atoms in total. The molecule has 5 rings (SSSR count). The summed E-state index contributed by atoms with van der Waals surface area (Å²) in [5, 5.41) is 8.50. The molecular weight excluding hydrogens is 376 g/mol. The monoisotopic (exact) mass is 402 g/mol. The largest absolute Gasteiger partial charge is 0.420 e. The van der Waals surface area contributed by atoms with Crippen molar-refractivity contribution in [2.24, 2.45) is 5.41 Å². The Balaban J connectivity index is 1.24. The van der Waals surface area contributed by atoms with Crippen LogP contribution in [-0.2, 0) is 10.2 Å². The van der Waals surface area contributed by atoms with E-state index in [2.05, 4.69) is 10.2 Å². The first-order chi connectivity index (χ1) is 13.6. The Labute approximate surface area is 165 Å². The fourth-order valence-electron chi connectivity index (χ4n) is 4.74. The summed E-state index contributed by atoms with van der Waals surface area (Å²) in [6, 6.07) is 9.79. The lowest BCUT2D eigenvalue weighted by Crippen LogP contribution is -2.49. The Morgan fingerprint density at radius 3 is 2.32 bits per heavy atom. The molecule has 0 bridgehead atoms. The van der Waals surface area contributed by atoms with Gasteiger partial charge in [0.15, 0.2) is 0 Å². The molecule has 1 aromatic heterocycles. The van der Waals surface area contributed by atoms with Gasteiger partial charge in [-0.1, -0.05) is 24.6 Å². The molecular formula is C20H26N4O3S. The van der Waals surface area contributed by atoms with Gasteiger partial charge in [0.05, 0.1) is 0 Å². The Hall–Kier alpha value is -1.77. The quantitative estimate of drug-likeness (QED) is 0.785. The van der Waals surface area contributed by atoms with Gasteiger partial charge in [0, 0.05) is 37.7 Å². The lowest BCUT2D eigenvalue weighted by Gasteiger charge is -2.36. The van der Waals surface area contributed by atoms with Gasteiger partial charge in [0.2, 0.25) is 11.8 Å². The smallest absolute Gasteiger partial charge is 0.281 e. The van der Waals surface area contributed by atoms with Crippen molar-refractivity contribution in [1.82, 2.24) is 18.8 Å². The second-order valence-corrected chi connectivity index (χ2v) is 10.2. The molecule has 3 aliphatic rings. The minimum atomic E-state index is -3.31. The van der Waals surface area contributed by atoms with E-state index >= 15 is 0 Å². The highest BCUT2D eigenvalue weighted by Gasteiger charge is 2.59. The maximum Gasteiger partial charge on any atom is 0.281 e. The lowest BCUT2D eigenvalue weighted by atomic mass is 9.92. The van der Waals surface area contributed by atoms with Crippen LogP contribution in [0.15, 0.2) is 34.7 Å². The van der Waals surface area contributed by atoms with Crippen molar-refractivity contribution < 1.29 is 12.8 Å². The van der Waals surface area contributed by atoms with Crippen molar-refractivity contribution in [3.63, 3.8) is 0 Å². The Morgan fingerprint density at radius 2 is 1.61 bits per heavy atom. The molecule has 0 radical (unpaired) electrons. The van der Waals surface area contributed by atoms with E-state index in [1.54, 1.807) is 8.61 Å². The van der Waals surface area contributed by atoms with Crippen LogP contribution in [0, 0.1) is 5.41 Å². The summed E-state index contributed by atoms with van der Waals surface area (Å²) in [6.45, 7) is 2.51. The van der Waals surface area contributed by atoms with Crippen molar-refractivity contribution >= 4 is 10.2 Å². The van der Waals surface area contributed by atoms with Crippen LogP contribution in [0.3, 0.4) is 0 Å². The van der Waals surface area contributed by atoms with Gasteiger partial charge in [-0.2, -0.15) is 17.0 Å². The zero-order valence-electron chi connectivity index (χ0n) is 16.0. The molecule has 1 spiro atoms. The van der Waals surface area contributed by atoms with E-state index in [0.717, 1.165) is 44.1 Å². The molecule has 1 saturated carbocycles. The number of hydrogen-bond acceptors (Lipinski definition) is 5. The van der Waals surface area contributed by atoms with E-state index in [4.69, 9.17) is 4.42 Å². The van der Waals surface area contributed by atoms with Crippen LogP contribution < -0.4 is 0 Å². The van der Waals surface area contributed by atoms with Crippen LogP contribution in [-0.4, -0.2) is 53.4 Å². The minimum Gasteiger partial charge on any atom is -0.420 e. The van der Waals surface area contributed by atoms with Gasteiger partial charge in [-0.25, -0.2) is 0 Å². The fraction of sp³-hybridized carbons (Fsp3) is 0.600. The number of nitrogens with zero attached hydrogens (tertiary/aromatic N) is 4. The molecule has 2 saturated heterocycles. The average molecular weight is 403 g/mol. The summed E-state index contributed by atoms with van der Waals surface area (Å²) in [5.74, 6) is 1.52. The molecule has 0 N–H and O–H groups in total. The molecule has 3 heterocycles. The summed E-state index contributed by atoms with van der Waals surface area (Å²) < 4.78 is 35.1. The van der Waals surface area contributed by atoms with Gasteiger partial charge >= 0.3 is 0 Å². The highest BCUT2D eigenvalue weighted by Crippen LogP contribution is 2.64. The van der Waals surface area contributed by atoms with Crippen molar-refractivity contribution in [3.05, 3.63) is 36.2 Å². The van der Waals surface area contributed by atoms with Crippen molar-refractivity contribution in [3.8, 4) is 11.5 Å². The predicted octanol–water partition coefficient (Wildman–Crippen LogP) is 3.04. The van der Waals surface area contributed by atoms with E-state index in [1.165, 1.54) is 0 Å². The second-order valence-electron chi connectivity index (χ2n) is 8.30. The number of hydrogen-bond donors (Lipinski definition) is 0. The summed E-state index contributed by atoms with van der Waals surface area (Å²) in [6.07, 6.45) is 5.83. The van der Waals surface area contributed by atoms with E-state index in [0.29, 0.717) is 38.0 Å². The van der Waals surface area contributed by atoms with Crippen molar-refractivity contribution in [1.29, 1.82) is 0 Å². The normalized spacial score (nSPS) is 25.8. The van der Waals surface area contributed by atoms with Crippen LogP contribution in [0.1, 0.15) is 50.3 Å². The predicted molar refractivity (Wildman–Crippen MR) is 105 cm³/mol. The van der Waals surface area contributed by atoms with Crippen LogP contribution in [0.2, 0.25) is 0 Å². The maximum atomic E-state index is 12.9. The number of aromatic nitrogens is 2. The standard InChI is InChI=1S/C20H26N4O3S/c25-28(26,23-11-5-2-6-12-23)24-13-9-20(10-14-24)15-17(20)19-22-21-18(27-19)16-7-3-1-4-8-16/h1,3-4,7-8,17H,2,5-6,9-15H2. The van der Waals surface area contributed by atoms with Crippen LogP contribution in [0.25, 0.3) is 11.5 Å². The van der Waals surface area contributed by atoms with Gasteiger partial charge in [-0.15, -0.1) is 10.2 Å². The first-order valence-corrected chi connectivity index (χ1v) is 11.6. The van der Waals surface area contributed by atoms with Crippen LogP contribution in [0.4, 0.5) is 0 Å². The lowest BCUT2D eigenvalue weighted by molar-refractivity contribution is 0.225. The first-order valence-electron chi connectivity index (χ1n) is 10.2. The Bertz CT molecular complexity index is 929. The fourth-order valence-corrected chi connectivity index (χ4v) is 6.43. The molecule has 150 valence electrons. The van der Waals surface area contributed by atoms with Crippen molar-refractivity contribution in [2.75, 3.05) is 26.2 Å². The summed E-state index contributed by atoms with van der Waals surface area (Å²) >= 11 is 0. The molecule has 1 aromatic carbocycles. The molecule has 1 atom stereocenters. The van der Waals surface area contributed by atoms with Gasteiger partial charge in [-0.05, 0) is 49.7 Å². The third-order valence-corrected chi connectivity index (χ3v) is 8.67. The molecule has 2 aromatic rings. The van der Waals surface area contributed by atoms with Crippen molar-refractivity contribution in [2.45, 2.75) is 44.4 Å². The van der Waals surface area contributed by atoms with E-state index in [-0.39, 0.29) is 11.3 Å². The number of benzene rings is 1. The van der Waals surface area contributed by atoms with Crippen LogP contribution >= 0.6 is 0 Å². The van der Waals surface area contributed by atoms with E-state index in [9.17, 15) is 8.42 Å². The number of rotatable bonds is 4. The van der Waals surface area contributed by atoms with Gasteiger partial charge < -0.3 is 4.42 Å². The molecule has 3 fully saturated rings. The highest BCUT2D eigenvalue weighted by molar-refractivity contribution is 7.86. The Kier molecular flexibility index (Phi) is 4.52. The third kappa shape index (κ3) is 3.17. The second kappa shape index (κ2) is 6.93. The van der Waals surface area contributed by atoms with Gasteiger partial charge in [-0.3, -0.25) is 0 Å². The molecule has 8 heteroatoms. The highest BCUT2D eigenvalue weighted by atomic mass is 32.2. The average Bonchev–Trinajstić information content (AvgIpc) is 3.21. The minimum absolute atomic E-state index is 0.133. The summed E-state index contributed by atoms with van der Waals surface area (Å²) in [7, 11) is -3.31. The van der Waals surface area contributed by atoms with E-state index in [1.807, 2.05) is 30.3 Å². The first kappa shape index (κ1) is 18.3. The molecule has 28 heavy (non-hydrogen) atoms. The molecule has 2 aliphatic heterocycles. The van der Waals surface area contributed by atoms with Crippen LogP contribution in [0.5, 0.6) is 0 Å². The zero-order valence-corrected chi connectivity index (χ0v) is 16.8. The van der Waals surface area contributed by atoms with Gasteiger partial charge in [0.1, 0.15) is 0 Å². The maximum absolute atomic E-state index is 12.9. The topological polar surface area (TPSA) is 79.5 Å². The molecule has 0 amide bonds. The number of piperidine rings is 2. The SMILES string of the molecule is O=S(=O)(N1CCCCC1)N1CCC2(CC1)CC2c1nnc(-c2ccccc2)o1. The summed E-state index contributed by atoms with van der Waals surface area (Å²) in [4.78, 5) is 0. The summed E-state index contributed by atoms with van der Waals surface area (Å²) in [5.41, 5.74) is 1.06. The molecule has 1 aliphatic carbocycles. The van der Waals surface area contributed by atoms with E-state index < -0.39 is 10.2 Å². The Morgan fingerprint density at radius 1 is 0.929 bits per heavy atom.